The molecule has 1 aromatic rings. The van der Waals surface area contributed by atoms with Crippen molar-refractivity contribution in [3.63, 3.8) is 0 Å². The maximum atomic E-state index is 11.8. The topological polar surface area (TPSA) is 26.3 Å². The van der Waals surface area contributed by atoms with Crippen molar-refractivity contribution < 1.29 is 9.53 Å². The minimum absolute atomic E-state index is 0.0489. The van der Waals surface area contributed by atoms with E-state index in [1.54, 1.807) is 0 Å². The molecule has 0 amide bonds. The van der Waals surface area contributed by atoms with Crippen LogP contribution in [0.1, 0.15) is 109 Å². The van der Waals surface area contributed by atoms with Crippen LogP contribution in [0.4, 0.5) is 0 Å². The van der Waals surface area contributed by atoms with E-state index >= 15 is 0 Å². The van der Waals surface area contributed by atoms with Crippen molar-refractivity contribution in [3.05, 3.63) is 35.9 Å². The predicted octanol–water partition coefficient (Wildman–Crippen LogP) is 7.64. The van der Waals surface area contributed by atoms with E-state index in [0.29, 0.717) is 0 Å². The SMILES string of the molecule is CCCCCCCCCCCCC[C@@H]1OC(=O)[C@@H]1CCCCc1ccccc1. The standard InChI is InChI=1S/C26H42O2/c1-2-3-4-5-6-7-8-9-10-11-15-22-25-24(26(27)28-25)21-17-16-20-23-18-13-12-14-19-23/h12-14,18-19,24-25H,2-11,15-17,20-22H2,1H3/t24-,25+/m1/s1. The lowest BCUT2D eigenvalue weighted by molar-refractivity contribution is -0.186. The Morgan fingerprint density at radius 1 is 0.714 bits per heavy atom. The lowest BCUT2D eigenvalue weighted by Crippen LogP contribution is -2.44. The zero-order valence-corrected chi connectivity index (χ0v) is 18.2. The summed E-state index contributed by atoms with van der Waals surface area (Å²) in [5, 5.41) is 0. The Kier molecular flexibility index (Phi) is 12.0. The van der Waals surface area contributed by atoms with Crippen molar-refractivity contribution >= 4 is 5.97 Å². The molecular weight excluding hydrogens is 344 g/mol. The minimum atomic E-state index is 0.0489. The molecule has 0 aliphatic carbocycles. The molecule has 1 aromatic carbocycles. The van der Waals surface area contributed by atoms with Crippen LogP contribution < -0.4 is 0 Å². The molecule has 0 N–H and O–H groups in total. The van der Waals surface area contributed by atoms with E-state index in [1.807, 2.05) is 0 Å². The first-order valence-electron chi connectivity index (χ1n) is 12.1. The molecule has 2 heteroatoms. The molecule has 0 unspecified atom stereocenters. The number of carbonyl (C=O) groups is 1. The van der Waals surface area contributed by atoms with E-state index in [9.17, 15) is 4.79 Å². The number of unbranched alkanes of at least 4 members (excludes halogenated alkanes) is 11. The van der Waals surface area contributed by atoms with Crippen LogP contribution in [0.25, 0.3) is 0 Å². The Morgan fingerprint density at radius 3 is 1.89 bits per heavy atom. The number of hydrogen-bond acceptors (Lipinski definition) is 2. The lowest BCUT2D eigenvalue weighted by Gasteiger charge is -2.35. The molecule has 1 aliphatic heterocycles. The van der Waals surface area contributed by atoms with Gasteiger partial charge in [0.05, 0.1) is 5.92 Å². The van der Waals surface area contributed by atoms with Crippen molar-refractivity contribution in [3.8, 4) is 0 Å². The first kappa shape index (κ1) is 23.0. The molecule has 28 heavy (non-hydrogen) atoms. The summed E-state index contributed by atoms with van der Waals surface area (Å²) >= 11 is 0. The van der Waals surface area contributed by atoms with Gasteiger partial charge in [0.15, 0.2) is 0 Å². The molecule has 1 aliphatic rings. The quantitative estimate of drug-likeness (QED) is 0.203. The molecule has 1 heterocycles. The van der Waals surface area contributed by atoms with Crippen LogP contribution in [0, 0.1) is 5.92 Å². The molecule has 1 saturated heterocycles. The lowest BCUT2D eigenvalue weighted by atomic mass is 9.87. The van der Waals surface area contributed by atoms with Gasteiger partial charge in [-0.15, -0.1) is 0 Å². The Balaban J connectivity index is 1.42. The summed E-state index contributed by atoms with van der Waals surface area (Å²) in [6, 6.07) is 10.6. The van der Waals surface area contributed by atoms with Gasteiger partial charge in [0.1, 0.15) is 6.10 Å². The van der Waals surface area contributed by atoms with Gasteiger partial charge in [-0.25, -0.2) is 0 Å². The predicted molar refractivity (Wildman–Crippen MR) is 118 cm³/mol. The van der Waals surface area contributed by atoms with Gasteiger partial charge in [0.25, 0.3) is 0 Å². The van der Waals surface area contributed by atoms with Crippen molar-refractivity contribution in [2.45, 2.75) is 116 Å². The molecule has 0 radical (unpaired) electrons. The normalized spacial score (nSPS) is 18.7. The van der Waals surface area contributed by atoms with Gasteiger partial charge >= 0.3 is 5.97 Å². The first-order chi connectivity index (χ1) is 13.8. The van der Waals surface area contributed by atoms with Crippen LogP contribution in [-0.2, 0) is 16.0 Å². The third-order valence-electron chi connectivity index (χ3n) is 6.18. The van der Waals surface area contributed by atoms with Gasteiger partial charge in [-0.05, 0) is 37.7 Å². The smallest absolute Gasteiger partial charge is 0.313 e. The van der Waals surface area contributed by atoms with Gasteiger partial charge < -0.3 is 4.74 Å². The number of cyclic esters (lactones) is 1. The van der Waals surface area contributed by atoms with E-state index < -0.39 is 0 Å². The van der Waals surface area contributed by atoms with Crippen LogP contribution >= 0.6 is 0 Å². The number of rotatable bonds is 17. The molecule has 0 bridgehead atoms. The number of hydrogen-bond donors (Lipinski definition) is 0. The van der Waals surface area contributed by atoms with Crippen molar-refractivity contribution in [2.75, 3.05) is 0 Å². The van der Waals surface area contributed by atoms with Gasteiger partial charge in [-0.3, -0.25) is 4.79 Å². The molecule has 0 spiro atoms. The number of ether oxygens (including phenoxy) is 1. The summed E-state index contributed by atoms with van der Waals surface area (Å²) in [7, 11) is 0. The fraction of sp³-hybridized carbons (Fsp3) is 0.731. The molecule has 2 nitrogen and oxygen atoms in total. The molecule has 0 saturated carbocycles. The van der Waals surface area contributed by atoms with Crippen molar-refractivity contribution in [1.29, 1.82) is 0 Å². The zero-order chi connectivity index (χ0) is 19.9. The van der Waals surface area contributed by atoms with E-state index in [1.165, 1.54) is 82.6 Å². The Morgan fingerprint density at radius 2 is 1.29 bits per heavy atom. The molecular formula is C26H42O2. The number of esters is 1. The summed E-state index contributed by atoms with van der Waals surface area (Å²) in [5.74, 6) is 0.228. The summed E-state index contributed by atoms with van der Waals surface area (Å²) < 4.78 is 5.42. The molecule has 1 fully saturated rings. The molecule has 2 rings (SSSR count). The first-order valence-corrected chi connectivity index (χ1v) is 12.1. The number of benzene rings is 1. The minimum Gasteiger partial charge on any atom is -0.461 e. The average molecular weight is 387 g/mol. The van der Waals surface area contributed by atoms with Gasteiger partial charge in [-0.2, -0.15) is 0 Å². The fourth-order valence-corrected chi connectivity index (χ4v) is 4.31. The number of carbonyl (C=O) groups excluding carboxylic acids is 1. The van der Waals surface area contributed by atoms with Crippen LogP contribution in [0.3, 0.4) is 0 Å². The third kappa shape index (κ3) is 9.26. The largest absolute Gasteiger partial charge is 0.461 e. The van der Waals surface area contributed by atoms with E-state index in [0.717, 1.165) is 25.7 Å². The Labute approximate surface area is 173 Å². The van der Waals surface area contributed by atoms with E-state index in [4.69, 9.17) is 4.74 Å². The fourth-order valence-electron chi connectivity index (χ4n) is 4.31. The van der Waals surface area contributed by atoms with Crippen molar-refractivity contribution in [1.82, 2.24) is 0 Å². The zero-order valence-electron chi connectivity index (χ0n) is 18.2. The third-order valence-corrected chi connectivity index (χ3v) is 6.18. The van der Waals surface area contributed by atoms with Crippen LogP contribution in [-0.4, -0.2) is 12.1 Å². The van der Waals surface area contributed by atoms with Crippen LogP contribution in [0.5, 0.6) is 0 Å². The van der Waals surface area contributed by atoms with Crippen LogP contribution in [0.15, 0.2) is 30.3 Å². The Bertz CT molecular complexity index is 510. The van der Waals surface area contributed by atoms with E-state index in [-0.39, 0.29) is 18.0 Å². The second kappa shape index (κ2) is 14.7. The highest BCUT2D eigenvalue weighted by Gasteiger charge is 2.40. The summed E-state index contributed by atoms with van der Waals surface area (Å²) in [5.41, 5.74) is 1.40. The molecule has 2 atom stereocenters. The summed E-state index contributed by atoms with van der Waals surface area (Å²) in [6.45, 7) is 2.28. The van der Waals surface area contributed by atoms with Gasteiger partial charge in [0, 0.05) is 0 Å². The summed E-state index contributed by atoms with van der Waals surface area (Å²) in [4.78, 5) is 11.8. The maximum absolute atomic E-state index is 11.8. The highest BCUT2D eigenvalue weighted by atomic mass is 16.6. The maximum Gasteiger partial charge on any atom is 0.313 e. The highest BCUT2D eigenvalue weighted by molar-refractivity contribution is 5.78. The van der Waals surface area contributed by atoms with Gasteiger partial charge in [-0.1, -0.05) is 108 Å². The second-order valence-electron chi connectivity index (χ2n) is 8.64. The second-order valence-corrected chi connectivity index (χ2v) is 8.64. The van der Waals surface area contributed by atoms with Gasteiger partial charge in [0.2, 0.25) is 0 Å². The van der Waals surface area contributed by atoms with E-state index in [2.05, 4.69) is 37.3 Å². The Hall–Kier alpha value is -1.31. The van der Waals surface area contributed by atoms with Crippen molar-refractivity contribution in [2.24, 2.45) is 5.92 Å². The highest BCUT2D eigenvalue weighted by Crippen LogP contribution is 2.31. The number of aryl methyl sites for hydroxylation is 1. The van der Waals surface area contributed by atoms with Crippen LogP contribution in [0.2, 0.25) is 0 Å². The monoisotopic (exact) mass is 386 g/mol. The molecule has 158 valence electrons. The summed E-state index contributed by atoms with van der Waals surface area (Å²) in [6.07, 6.45) is 20.8. The molecule has 0 aromatic heterocycles. The average Bonchev–Trinajstić information content (AvgIpc) is 2.71.